The summed E-state index contributed by atoms with van der Waals surface area (Å²) in [5.41, 5.74) is 2.37. The number of fused-ring (bicyclic) bond motifs is 1. The van der Waals surface area contributed by atoms with Crippen LogP contribution in [-0.4, -0.2) is 65.2 Å². The van der Waals surface area contributed by atoms with Crippen molar-refractivity contribution in [2.45, 2.75) is 6.42 Å². The second-order valence-electron chi connectivity index (χ2n) is 6.99. The van der Waals surface area contributed by atoms with E-state index in [-0.39, 0.29) is 24.3 Å². The molecule has 0 saturated carbocycles. The zero-order chi connectivity index (χ0) is 20.2. The number of nitrogens with zero attached hydrogens (tertiary/aromatic N) is 2. The quantitative estimate of drug-likeness (QED) is 0.683. The first kappa shape index (κ1) is 18.8. The van der Waals surface area contributed by atoms with Crippen LogP contribution in [0.1, 0.15) is 15.9 Å². The average Bonchev–Trinajstić information content (AvgIpc) is 3.43. The number of piperazine rings is 1. The maximum Gasteiger partial charge on any atom is 0.254 e. The van der Waals surface area contributed by atoms with E-state index in [1.807, 2.05) is 30.5 Å². The van der Waals surface area contributed by atoms with Gasteiger partial charge in [-0.1, -0.05) is 18.2 Å². The molecule has 4 rings (SSSR count). The van der Waals surface area contributed by atoms with Crippen LogP contribution in [0.3, 0.4) is 0 Å². The SMILES string of the molecule is O=C(NCC(=O)N1CCN(C(=O)Cc2c[nH]c3ccccc23)CC1)c1ccoc1. The predicted octanol–water partition coefficient (Wildman–Crippen LogP) is 1.40. The number of hydrogen-bond acceptors (Lipinski definition) is 4. The monoisotopic (exact) mass is 394 g/mol. The molecule has 2 aromatic heterocycles. The zero-order valence-electron chi connectivity index (χ0n) is 15.9. The van der Waals surface area contributed by atoms with Gasteiger partial charge in [0.15, 0.2) is 0 Å². The number of amides is 3. The summed E-state index contributed by atoms with van der Waals surface area (Å²) < 4.78 is 4.86. The third kappa shape index (κ3) is 4.16. The third-order valence-electron chi connectivity index (χ3n) is 5.19. The van der Waals surface area contributed by atoms with Crippen LogP contribution >= 0.6 is 0 Å². The van der Waals surface area contributed by atoms with Crippen LogP contribution in [-0.2, 0) is 16.0 Å². The fourth-order valence-electron chi connectivity index (χ4n) is 3.52. The van der Waals surface area contributed by atoms with Gasteiger partial charge >= 0.3 is 0 Å². The lowest BCUT2D eigenvalue weighted by molar-refractivity contribution is -0.138. The van der Waals surface area contributed by atoms with Gasteiger partial charge in [0.1, 0.15) is 6.26 Å². The number of furan rings is 1. The number of aromatic amines is 1. The Morgan fingerprint density at radius 2 is 1.72 bits per heavy atom. The Labute approximate surface area is 167 Å². The summed E-state index contributed by atoms with van der Waals surface area (Å²) in [6.45, 7) is 1.82. The second-order valence-corrected chi connectivity index (χ2v) is 6.99. The predicted molar refractivity (Wildman–Crippen MR) is 106 cm³/mol. The van der Waals surface area contributed by atoms with Gasteiger partial charge in [-0.25, -0.2) is 0 Å². The standard InChI is InChI=1S/C21H22N4O4/c26-19(11-16-12-22-18-4-2-1-3-17(16)18)24-6-8-25(9-7-24)20(27)13-23-21(28)15-5-10-29-14-15/h1-5,10,12,14,22H,6-9,11,13H2,(H,23,28). The third-order valence-corrected chi connectivity index (χ3v) is 5.19. The minimum atomic E-state index is -0.348. The van der Waals surface area contributed by atoms with Crippen LogP contribution in [0.25, 0.3) is 10.9 Å². The van der Waals surface area contributed by atoms with Crippen molar-refractivity contribution in [3.63, 3.8) is 0 Å². The zero-order valence-corrected chi connectivity index (χ0v) is 15.9. The molecule has 0 unspecified atom stereocenters. The maximum absolute atomic E-state index is 12.7. The van der Waals surface area contributed by atoms with E-state index in [4.69, 9.17) is 4.42 Å². The molecule has 8 heteroatoms. The second kappa shape index (κ2) is 8.22. The molecule has 1 aromatic carbocycles. The Morgan fingerprint density at radius 1 is 1.00 bits per heavy atom. The first-order valence-corrected chi connectivity index (χ1v) is 9.53. The fraction of sp³-hybridized carbons (Fsp3) is 0.286. The summed E-state index contributed by atoms with van der Waals surface area (Å²) in [6.07, 6.45) is 4.95. The minimum Gasteiger partial charge on any atom is -0.472 e. The molecule has 8 nitrogen and oxygen atoms in total. The van der Waals surface area contributed by atoms with E-state index in [1.54, 1.807) is 9.80 Å². The van der Waals surface area contributed by atoms with E-state index < -0.39 is 0 Å². The molecule has 3 amide bonds. The molecule has 1 aliphatic rings. The van der Waals surface area contributed by atoms with Crippen LogP contribution < -0.4 is 5.32 Å². The highest BCUT2D eigenvalue weighted by Gasteiger charge is 2.25. The molecule has 1 aliphatic heterocycles. The van der Waals surface area contributed by atoms with Crippen LogP contribution in [0, 0.1) is 0 Å². The Bertz CT molecular complexity index is 1020. The molecule has 0 bridgehead atoms. The lowest BCUT2D eigenvalue weighted by Crippen LogP contribution is -2.52. The van der Waals surface area contributed by atoms with Gasteiger partial charge in [-0.05, 0) is 17.7 Å². The van der Waals surface area contributed by atoms with Gasteiger partial charge in [0.05, 0.1) is 24.8 Å². The molecule has 29 heavy (non-hydrogen) atoms. The van der Waals surface area contributed by atoms with Gasteiger partial charge in [0, 0.05) is 43.3 Å². The number of H-pyrrole nitrogens is 1. The van der Waals surface area contributed by atoms with Gasteiger partial charge in [0.2, 0.25) is 11.8 Å². The van der Waals surface area contributed by atoms with Gasteiger partial charge in [-0.3, -0.25) is 14.4 Å². The molecule has 1 fully saturated rings. The summed E-state index contributed by atoms with van der Waals surface area (Å²) in [5.74, 6) is -0.458. The molecule has 0 radical (unpaired) electrons. The van der Waals surface area contributed by atoms with E-state index in [2.05, 4.69) is 10.3 Å². The van der Waals surface area contributed by atoms with E-state index in [1.165, 1.54) is 18.6 Å². The molecule has 0 aliphatic carbocycles. The molecular formula is C21H22N4O4. The van der Waals surface area contributed by atoms with E-state index in [9.17, 15) is 14.4 Å². The largest absolute Gasteiger partial charge is 0.472 e. The molecule has 3 heterocycles. The van der Waals surface area contributed by atoms with Crippen LogP contribution in [0.2, 0.25) is 0 Å². The minimum absolute atomic E-state index is 0.0510. The Morgan fingerprint density at radius 3 is 2.45 bits per heavy atom. The number of rotatable bonds is 5. The number of aromatic nitrogens is 1. The number of para-hydroxylation sites is 1. The van der Waals surface area contributed by atoms with Crippen molar-refractivity contribution in [1.29, 1.82) is 0 Å². The van der Waals surface area contributed by atoms with Crippen molar-refractivity contribution in [2.75, 3.05) is 32.7 Å². The molecule has 0 atom stereocenters. The Kier molecular flexibility index (Phi) is 5.33. The molecular weight excluding hydrogens is 372 g/mol. The van der Waals surface area contributed by atoms with E-state index >= 15 is 0 Å². The van der Waals surface area contributed by atoms with Gasteiger partial charge in [-0.2, -0.15) is 0 Å². The van der Waals surface area contributed by atoms with Crippen molar-refractivity contribution in [1.82, 2.24) is 20.1 Å². The van der Waals surface area contributed by atoms with Crippen molar-refractivity contribution in [3.8, 4) is 0 Å². The van der Waals surface area contributed by atoms with Gasteiger partial charge < -0.3 is 24.5 Å². The van der Waals surface area contributed by atoms with Crippen molar-refractivity contribution >= 4 is 28.6 Å². The van der Waals surface area contributed by atoms with Crippen molar-refractivity contribution in [3.05, 3.63) is 60.2 Å². The normalized spacial score (nSPS) is 14.2. The number of hydrogen-bond donors (Lipinski definition) is 2. The Balaban J connectivity index is 1.26. The molecule has 150 valence electrons. The lowest BCUT2D eigenvalue weighted by atomic mass is 10.1. The highest BCUT2D eigenvalue weighted by atomic mass is 16.3. The smallest absolute Gasteiger partial charge is 0.254 e. The highest BCUT2D eigenvalue weighted by Crippen LogP contribution is 2.19. The Hall–Kier alpha value is -3.55. The highest BCUT2D eigenvalue weighted by molar-refractivity contribution is 5.96. The summed E-state index contributed by atoms with van der Waals surface area (Å²) in [6, 6.07) is 9.44. The fourth-order valence-corrected chi connectivity index (χ4v) is 3.52. The number of carbonyl (C=O) groups excluding carboxylic acids is 3. The molecule has 0 spiro atoms. The average molecular weight is 394 g/mol. The first-order chi connectivity index (χ1) is 14.1. The summed E-state index contributed by atoms with van der Waals surface area (Å²) >= 11 is 0. The first-order valence-electron chi connectivity index (χ1n) is 9.53. The lowest BCUT2D eigenvalue weighted by Gasteiger charge is -2.34. The summed E-state index contributed by atoms with van der Waals surface area (Å²) in [4.78, 5) is 43.5. The van der Waals surface area contributed by atoms with E-state index in [0.717, 1.165) is 16.5 Å². The maximum atomic E-state index is 12.7. The number of benzene rings is 1. The van der Waals surface area contributed by atoms with Crippen molar-refractivity contribution in [2.24, 2.45) is 0 Å². The molecule has 2 N–H and O–H groups in total. The van der Waals surface area contributed by atoms with E-state index in [0.29, 0.717) is 38.2 Å². The molecule has 1 saturated heterocycles. The van der Waals surface area contributed by atoms with Crippen LogP contribution in [0.5, 0.6) is 0 Å². The topological polar surface area (TPSA) is 98.6 Å². The number of carbonyl (C=O) groups is 3. The van der Waals surface area contributed by atoms with Gasteiger partial charge in [0.25, 0.3) is 5.91 Å². The summed E-state index contributed by atoms with van der Waals surface area (Å²) in [7, 11) is 0. The number of nitrogens with one attached hydrogen (secondary N) is 2. The van der Waals surface area contributed by atoms with Crippen LogP contribution in [0.15, 0.2) is 53.5 Å². The van der Waals surface area contributed by atoms with Crippen LogP contribution in [0.4, 0.5) is 0 Å². The summed E-state index contributed by atoms with van der Waals surface area (Å²) in [5, 5.41) is 3.65. The van der Waals surface area contributed by atoms with Crippen molar-refractivity contribution < 1.29 is 18.8 Å². The van der Waals surface area contributed by atoms with Gasteiger partial charge in [-0.15, -0.1) is 0 Å². The molecule has 3 aromatic rings.